The van der Waals surface area contributed by atoms with Crippen LogP contribution in [0.4, 0.5) is 0 Å². The van der Waals surface area contributed by atoms with Crippen molar-refractivity contribution in [3.8, 4) is 0 Å². The van der Waals surface area contributed by atoms with Crippen molar-refractivity contribution < 1.29 is 0 Å². The van der Waals surface area contributed by atoms with E-state index >= 15 is 0 Å². The monoisotopic (exact) mass is 341 g/mol. The van der Waals surface area contributed by atoms with Gasteiger partial charge in [0.25, 0.3) is 0 Å². The van der Waals surface area contributed by atoms with Gasteiger partial charge in [-0.15, -0.1) is 0 Å². The Morgan fingerprint density at radius 3 is 2.29 bits per heavy atom. The molecule has 0 bridgehead atoms. The van der Waals surface area contributed by atoms with Crippen molar-refractivity contribution >= 4 is 22.6 Å². The number of likely N-dealkylation sites (tertiary alicyclic amines) is 1. The molecule has 17 heavy (non-hydrogen) atoms. The number of rotatable bonds is 4. The molecular weight excluding hydrogens is 321 g/mol. The molecule has 0 unspecified atom stereocenters. The van der Waals surface area contributed by atoms with Gasteiger partial charge in [-0.3, -0.25) is 0 Å². The molecule has 1 aromatic carbocycles. The van der Waals surface area contributed by atoms with Gasteiger partial charge in [0.15, 0.2) is 0 Å². The molecule has 0 atom stereocenters. The van der Waals surface area contributed by atoms with Gasteiger partial charge < -0.3 is 4.90 Å². The lowest BCUT2D eigenvalue weighted by molar-refractivity contribution is 0.317. The van der Waals surface area contributed by atoms with Crippen LogP contribution in [0.1, 0.15) is 37.7 Å². The first kappa shape index (κ1) is 12.0. The fourth-order valence-corrected chi connectivity index (χ4v) is 3.38. The number of benzene rings is 1. The first-order chi connectivity index (χ1) is 8.28. The minimum atomic E-state index is 0.549. The summed E-state index contributed by atoms with van der Waals surface area (Å²) in [6, 6.07) is 9.20. The third-order valence-corrected chi connectivity index (χ3v) is 5.13. The average molecular weight is 341 g/mol. The molecule has 0 N–H and O–H groups in total. The lowest BCUT2D eigenvalue weighted by atomic mass is 9.92. The number of hydrogen-bond acceptors (Lipinski definition) is 1. The lowest BCUT2D eigenvalue weighted by Gasteiger charge is -2.20. The van der Waals surface area contributed by atoms with Crippen molar-refractivity contribution in [1.82, 2.24) is 4.90 Å². The van der Waals surface area contributed by atoms with Crippen molar-refractivity contribution in [2.24, 2.45) is 0 Å². The maximum Gasteiger partial charge on any atom is 0.0130 e. The maximum absolute atomic E-state index is 2.65. The minimum Gasteiger partial charge on any atom is -0.303 e. The molecule has 3 rings (SSSR count). The molecule has 1 aromatic rings. The van der Waals surface area contributed by atoms with E-state index in [9.17, 15) is 0 Å². The molecule has 0 amide bonds. The third kappa shape index (κ3) is 2.68. The van der Waals surface area contributed by atoms with Gasteiger partial charge >= 0.3 is 0 Å². The first-order valence-corrected chi connectivity index (χ1v) is 7.85. The number of halogens is 1. The van der Waals surface area contributed by atoms with Crippen LogP contribution in [-0.2, 0) is 5.41 Å². The fraction of sp³-hybridized carbons (Fsp3) is 0.600. The molecule has 2 fully saturated rings. The molecule has 0 spiro atoms. The summed E-state index contributed by atoms with van der Waals surface area (Å²) in [5.41, 5.74) is 2.13. The highest BCUT2D eigenvalue weighted by atomic mass is 127. The molecule has 1 heterocycles. The van der Waals surface area contributed by atoms with Gasteiger partial charge in [0, 0.05) is 3.57 Å². The molecular formula is C15H20IN. The van der Waals surface area contributed by atoms with Gasteiger partial charge in [-0.2, -0.15) is 0 Å². The van der Waals surface area contributed by atoms with E-state index in [-0.39, 0.29) is 0 Å². The fourth-order valence-electron chi connectivity index (χ4n) is 3.02. The van der Waals surface area contributed by atoms with Crippen molar-refractivity contribution in [3.05, 3.63) is 33.4 Å². The van der Waals surface area contributed by atoms with Gasteiger partial charge in [-0.25, -0.2) is 0 Å². The molecule has 1 aliphatic heterocycles. The van der Waals surface area contributed by atoms with Crippen LogP contribution in [0.2, 0.25) is 0 Å². The Hall–Kier alpha value is -0.0900. The van der Waals surface area contributed by atoms with Gasteiger partial charge in [0.05, 0.1) is 0 Å². The summed E-state index contributed by atoms with van der Waals surface area (Å²) in [5, 5.41) is 0. The average Bonchev–Trinajstić information content (AvgIpc) is 2.95. The molecule has 2 heteroatoms. The normalized spacial score (nSPS) is 22.9. The van der Waals surface area contributed by atoms with E-state index in [1.807, 2.05) is 0 Å². The summed E-state index contributed by atoms with van der Waals surface area (Å²) >= 11 is 2.39. The van der Waals surface area contributed by atoms with E-state index in [1.165, 1.54) is 55.3 Å². The zero-order valence-electron chi connectivity index (χ0n) is 10.3. The first-order valence-electron chi connectivity index (χ1n) is 6.77. The van der Waals surface area contributed by atoms with E-state index < -0.39 is 0 Å². The topological polar surface area (TPSA) is 3.24 Å². The maximum atomic E-state index is 2.65. The predicted octanol–water partition coefficient (Wildman–Crippen LogP) is 3.81. The van der Waals surface area contributed by atoms with Crippen LogP contribution in [0.5, 0.6) is 0 Å². The summed E-state index contributed by atoms with van der Waals surface area (Å²) in [6.07, 6.45) is 7.00. The summed E-state index contributed by atoms with van der Waals surface area (Å²) < 4.78 is 1.35. The van der Waals surface area contributed by atoms with Crippen LogP contribution in [0.25, 0.3) is 0 Å². The van der Waals surface area contributed by atoms with Crippen molar-refractivity contribution in [1.29, 1.82) is 0 Å². The van der Waals surface area contributed by atoms with Crippen LogP contribution in [0, 0.1) is 3.57 Å². The second kappa shape index (κ2) is 4.88. The largest absolute Gasteiger partial charge is 0.303 e. The van der Waals surface area contributed by atoms with E-state index in [0.29, 0.717) is 5.41 Å². The van der Waals surface area contributed by atoms with E-state index in [1.54, 1.807) is 5.56 Å². The zero-order valence-corrected chi connectivity index (χ0v) is 12.4. The smallest absolute Gasteiger partial charge is 0.0130 e. The Morgan fingerprint density at radius 2 is 1.71 bits per heavy atom. The van der Waals surface area contributed by atoms with Crippen LogP contribution in [0.3, 0.4) is 0 Å². The SMILES string of the molecule is Ic1ccc(C2(CCN3CCCC3)CC2)cc1. The molecule has 1 aliphatic carbocycles. The Labute approximate surface area is 118 Å². The Balaban J connectivity index is 1.63. The predicted molar refractivity (Wildman–Crippen MR) is 80.4 cm³/mol. The standard InChI is InChI=1S/C15H20IN/c16-14-5-3-13(4-6-14)15(7-8-15)9-12-17-10-1-2-11-17/h3-6H,1-2,7-12H2. The van der Waals surface area contributed by atoms with E-state index in [0.717, 1.165) is 0 Å². The second-order valence-corrected chi connectivity index (χ2v) is 6.83. The molecule has 1 nitrogen and oxygen atoms in total. The second-order valence-electron chi connectivity index (χ2n) is 5.59. The summed E-state index contributed by atoms with van der Waals surface area (Å²) in [7, 11) is 0. The summed E-state index contributed by atoms with van der Waals surface area (Å²) in [6.45, 7) is 3.98. The van der Waals surface area contributed by atoms with Crippen LogP contribution < -0.4 is 0 Å². The van der Waals surface area contributed by atoms with Crippen LogP contribution in [0.15, 0.2) is 24.3 Å². The van der Waals surface area contributed by atoms with E-state index in [2.05, 4.69) is 51.8 Å². The molecule has 0 radical (unpaired) electrons. The van der Waals surface area contributed by atoms with Gasteiger partial charge in [0.2, 0.25) is 0 Å². The Bertz CT molecular complexity index is 374. The number of hydrogen-bond donors (Lipinski definition) is 0. The molecule has 1 saturated heterocycles. The van der Waals surface area contributed by atoms with Gasteiger partial charge in [-0.1, -0.05) is 12.1 Å². The Kier molecular flexibility index (Phi) is 3.44. The van der Waals surface area contributed by atoms with Crippen molar-refractivity contribution in [3.63, 3.8) is 0 Å². The van der Waals surface area contributed by atoms with E-state index in [4.69, 9.17) is 0 Å². The minimum absolute atomic E-state index is 0.549. The van der Waals surface area contributed by atoms with Gasteiger partial charge in [-0.05, 0) is 97.4 Å². The zero-order chi connectivity index (χ0) is 11.7. The lowest BCUT2D eigenvalue weighted by Crippen LogP contribution is -2.24. The highest BCUT2D eigenvalue weighted by Gasteiger charge is 2.43. The van der Waals surface area contributed by atoms with Crippen LogP contribution >= 0.6 is 22.6 Å². The Morgan fingerprint density at radius 1 is 1.06 bits per heavy atom. The summed E-state index contributed by atoms with van der Waals surface area (Å²) in [5.74, 6) is 0. The summed E-state index contributed by atoms with van der Waals surface area (Å²) in [4.78, 5) is 2.65. The molecule has 1 saturated carbocycles. The quantitative estimate of drug-likeness (QED) is 0.753. The van der Waals surface area contributed by atoms with Crippen molar-refractivity contribution in [2.75, 3.05) is 19.6 Å². The molecule has 2 aliphatic rings. The molecule has 0 aromatic heterocycles. The van der Waals surface area contributed by atoms with Gasteiger partial charge in [0.1, 0.15) is 0 Å². The highest BCUT2D eigenvalue weighted by Crippen LogP contribution is 2.51. The number of nitrogens with zero attached hydrogens (tertiary/aromatic N) is 1. The molecule has 92 valence electrons. The van der Waals surface area contributed by atoms with Crippen molar-refractivity contribution in [2.45, 2.75) is 37.5 Å². The van der Waals surface area contributed by atoms with Crippen LogP contribution in [-0.4, -0.2) is 24.5 Å². The highest BCUT2D eigenvalue weighted by molar-refractivity contribution is 14.1. The third-order valence-electron chi connectivity index (χ3n) is 4.42.